The number of methoxy groups -OCH3 is 1. The number of nitrogens with zero attached hydrogens (tertiary/aromatic N) is 1. The van der Waals surface area contributed by atoms with E-state index in [0.717, 1.165) is 32.6 Å². The second-order valence-corrected chi connectivity index (χ2v) is 4.41. The monoisotopic (exact) mass is 200 g/mol. The second kappa shape index (κ2) is 4.14. The minimum Gasteiger partial charge on any atom is -0.393 e. The van der Waals surface area contributed by atoms with Crippen LogP contribution < -0.4 is 5.32 Å². The Labute approximate surface area is 85.2 Å². The lowest BCUT2D eigenvalue weighted by atomic mass is 10.1. The standard InChI is InChI=1S/C10H20N2O2/c1-14-10(8-13)3-5-12(7-10)9-2-4-11-6-9/h9,11,13H,2-8H2,1H3. The lowest BCUT2D eigenvalue weighted by molar-refractivity contribution is -0.0448. The first-order valence-corrected chi connectivity index (χ1v) is 5.40. The van der Waals surface area contributed by atoms with Crippen molar-refractivity contribution in [3.05, 3.63) is 0 Å². The summed E-state index contributed by atoms with van der Waals surface area (Å²) in [5.41, 5.74) is -0.289. The summed E-state index contributed by atoms with van der Waals surface area (Å²) < 4.78 is 5.43. The molecule has 2 saturated heterocycles. The zero-order chi connectivity index (χ0) is 10.0. The molecule has 0 radical (unpaired) electrons. The molecule has 0 aromatic heterocycles. The van der Waals surface area contributed by atoms with Gasteiger partial charge in [-0.3, -0.25) is 4.90 Å². The quantitative estimate of drug-likeness (QED) is 0.640. The van der Waals surface area contributed by atoms with E-state index < -0.39 is 0 Å². The average molecular weight is 200 g/mol. The molecule has 0 aliphatic carbocycles. The van der Waals surface area contributed by atoms with Gasteiger partial charge in [-0.25, -0.2) is 0 Å². The highest BCUT2D eigenvalue weighted by Crippen LogP contribution is 2.27. The number of likely N-dealkylation sites (tertiary alicyclic amines) is 1. The third kappa shape index (κ3) is 1.80. The highest BCUT2D eigenvalue weighted by molar-refractivity contribution is 4.95. The van der Waals surface area contributed by atoms with Crippen molar-refractivity contribution in [3.63, 3.8) is 0 Å². The van der Waals surface area contributed by atoms with E-state index in [4.69, 9.17) is 4.74 Å². The fourth-order valence-electron chi connectivity index (χ4n) is 2.50. The van der Waals surface area contributed by atoms with Crippen molar-refractivity contribution < 1.29 is 9.84 Å². The number of rotatable bonds is 3. The van der Waals surface area contributed by atoms with E-state index in [9.17, 15) is 5.11 Å². The summed E-state index contributed by atoms with van der Waals surface area (Å²) in [5.74, 6) is 0. The Morgan fingerprint density at radius 3 is 3.00 bits per heavy atom. The molecule has 2 fully saturated rings. The molecular weight excluding hydrogens is 180 g/mol. The van der Waals surface area contributed by atoms with E-state index in [0.29, 0.717) is 6.04 Å². The summed E-state index contributed by atoms with van der Waals surface area (Å²) in [6.07, 6.45) is 2.18. The van der Waals surface area contributed by atoms with Crippen LogP contribution in [0.1, 0.15) is 12.8 Å². The Kier molecular flexibility index (Phi) is 3.07. The van der Waals surface area contributed by atoms with Gasteiger partial charge in [-0.2, -0.15) is 0 Å². The van der Waals surface area contributed by atoms with Crippen LogP contribution in [0.3, 0.4) is 0 Å². The van der Waals surface area contributed by atoms with Gasteiger partial charge in [0, 0.05) is 32.8 Å². The molecule has 0 aromatic rings. The molecule has 2 heterocycles. The minimum absolute atomic E-state index is 0.139. The number of aliphatic hydroxyl groups excluding tert-OH is 1. The van der Waals surface area contributed by atoms with Crippen LogP contribution in [-0.4, -0.2) is 61.5 Å². The molecule has 0 aromatic carbocycles. The van der Waals surface area contributed by atoms with Crippen LogP contribution in [0.25, 0.3) is 0 Å². The molecule has 82 valence electrons. The van der Waals surface area contributed by atoms with Crippen molar-refractivity contribution in [2.45, 2.75) is 24.5 Å². The van der Waals surface area contributed by atoms with E-state index >= 15 is 0 Å². The van der Waals surface area contributed by atoms with E-state index in [1.54, 1.807) is 7.11 Å². The van der Waals surface area contributed by atoms with Gasteiger partial charge in [-0.15, -0.1) is 0 Å². The number of hydrogen-bond donors (Lipinski definition) is 2. The first kappa shape index (κ1) is 10.4. The van der Waals surface area contributed by atoms with Crippen molar-refractivity contribution >= 4 is 0 Å². The van der Waals surface area contributed by atoms with Crippen LogP contribution in [0.4, 0.5) is 0 Å². The number of nitrogens with one attached hydrogen (secondary N) is 1. The largest absolute Gasteiger partial charge is 0.393 e. The lowest BCUT2D eigenvalue weighted by Crippen LogP contribution is -2.42. The molecule has 4 nitrogen and oxygen atoms in total. The normalized spacial score (nSPS) is 39.4. The molecule has 2 aliphatic rings. The topological polar surface area (TPSA) is 44.7 Å². The SMILES string of the molecule is COC1(CO)CCN(C2CCNC2)C1. The smallest absolute Gasteiger partial charge is 0.105 e. The predicted molar refractivity (Wildman–Crippen MR) is 54.3 cm³/mol. The molecule has 2 N–H and O–H groups in total. The van der Waals surface area contributed by atoms with Crippen molar-refractivity contribution in [3.8, 4) is 0 Å². The van der Waals surface area contributed by atoms with Crippen molar-refractivity contribution in [1.82, 2.24) is 10.2 Å². The first-order chi connectivity index (χ1) is 6.79. The van der Waals surface area contributed by atoms with Crippen LogP contribution in [0.5, 0.6) is 0 Å². The van der Waals surface area contributed by atoms with Gasteiger partial charge in [0.15, 0.2) is 0 Å². The average Bonchev–Trinajstić information content (AvgIpc) is 2.87. The molecule has 0 amide bonds. The van der Waals surface area contributed by atoms with Crippen molar-refractivity contribution in [2.75, 3.05) is 39.9 Å². The predicted octanol–water partition coefficient (Wildman–Crippen LogP) is -0.568. The third-order valence-corrected chi connectivity index (χ3v) is 3.62. The lowest BCUT2D eigenvalue weighted by Gasteiger charge is -2.28. The van der Waals surface area contributed by atoms with Gasteiger partial charge < -0.3 is 15.2 Å². The molecule has 14 heavy (non-hydrogen) atoms. The maximum atomic E-state index is 9.31. The number of hydrogen-bond acceptors (Lipinski definition) is 4. The van der Waals surface area contributed by atoms with E-state index in [2.05, 4.69) is 10.2 Å². The van der Waals surface area contributed by atoms with Crippen LogP contribution in [0, 0.1) is 0 Å². The zero-order valence-corrected chi connectivity index (χ0v) is 8.83. The van der Waals surface area contributed by atoms with Gasteiger partial charge in [0.25, 0.3) is 0 Å². The molecule has 2 unspecified atom stereocenters. The first-order valence-electron chi connectivity index (χ1n) is 5.40. The Bertz CT molecular complexity index is 189. The van der Waals surface area contributed by atoms with E-state index in [1.807, 2.05) is 0 Å². The Balaban J connectivity index is 1.92. The summed E-state index contributed by atoms with van der Waals surface area (Å²) >= 11 is 0. The van der Waals surface area contributed by atoms with E-state index in [-0.39, 0.29) is 12.2 Å². The second-order valence-electron chi connectivity index (χ2n) is 4.41. The highest BCUT2D eigenvalue weighted by Gasteiger charge is 2.40. The van der Waals surface area contributed by atoms with Gasteiger partial charge in [0.1, 0.15) is 5.60 Å². The highest BCUT2D eigenvalue weighted by atomic mass is 16.5. The Hall–Kier alpha value is -0.160. The van der Waals surface area contributed by atoms with Gasteiger partial charge >= 0.3 is 0 Å². The van der Waals surface area contributed by atoms with Crippen molar-refractivity contribution in [2.24, 2.45) is 0 Å². The molecule has 2 rings (SSSR count). The minimum atomic E-state index is -0.289. The third-order valence-electron chi connectivity index (χ3n) is 3.62. The number of ether oxygens (including phenoxy) is 1. The molecule has 0 spiro atoms. The maximum absolute atomic E-state index is 9.31. The summed E-state index contributed by atoms with van der Waals surface area (Å²) in [5, 5.41) is 12.7. The van der Waals surface area contributed by atoms with Crippen LogP contribution in [0.2, 0.25) is 0 Å². The molecule has 2 aliphatic heterocycles. The van der Waals surface area contributed by atoms with Gasteiger partial charge in [-0.1, -0.05) is 0 Å². The van der Waals surface area contributed by atoms with Crippen LogP contribution in [-0.2, 0) is 4.74 Å². The summed E-state index contributed by atoms with van der Waals surface area (Å²) in [6, 6.07) is 0.651. The van der Waals surface area contributed by atoms with Gasteiger partial charge in [0.05, 0.1) is 6.61 Å². The van der Waals surface area contributed by atoms with E-state index in [1.165, 1.54) is 6.42 Å². The summed E-state index contributed by atoms with van der Waals surface area (Å²) in [4.78, 5) is 2.44. The van der Waals surface area contributed by atoms with Gasteiger partial charge in [-0.05, 0) is 19.4 Å². The number of aliphatic hydroxyl groups is 1. The fourth-order valence-corrected chi connectivity index (χ4v) is 2.50. The maximum Gasteiger partial charge on any atom is 0.105 e. The molecule has 2 atom stereocenters. The van der Waals surface area contributed by atoms with Gasteiger partial charge in [0.2, 0.25) is 0 Å². The molecule has 0 bridgehead atoms. The summed E-state index contributed by atoms with van der Waals surface area (Å²) in [7, 11) is 1.70. The van der Waals surface area contributed by atoms with Crippen LogP contribution >= 0.6 is 0 Å². The zero-order valence-electron chi connectivity index (χ0n) is 8.83. The fraction of sp³-hybridized carbons (Fsp3) is 1.00. The Morgan fingerprint density at radius 1 is 1.64 bits per heavy atom. The van der Waals surface area contributed by atoms with Crippen molar-refractivity contribution in [1.29, 1.82) is 0 Å². The molecule has 0 saturated carbocycles. The molecule has 4 heteroatoms. The summed E-state index contributed by atoms with van der Waals surface area (Å²) in [6.45, 7) is 4.29. The molecular formula is C10H20N2O2. The Morgan fingerprint density at radius 2 is 2.50 bits per heavy atom. The van der Waals surface area contributed by atoms with Crippen LogP contribution in [0.15, 0.2) is 0 Å².